The van der Waals surface area contributed by atoms with E-state index in [-0.39, 0.29) is 11.3 Å². The summed E-state index contributed by atoms with van der Waals surface area (Å²) in [7, 11) is 0. The van der Waals surface area contributed by atoms with E-state index in [1.807, 2.05) is 17.0 Å². The first-order valence-electron chi connectivity index (χ1n) is 8.60. The second-order valence-corrected chi connectivity index (χ2v) is 6.89. The van der Waals surface area contributed by atoms with Crippen molar-refractivity contribution >= 4 is 11.5 Å². The van der Waals surface area contributed by atoms with Crippen molar-refractivity contribution in [1.82, 2.24) is 4.90 Å². The number of furan rings is 1. The number of fused-ring (bicyclic) bond motifs is 2. The summed E-state index contributed by atoms with van der Waals surface area (Å²) in [6, 6.07) is 7.97. The summed E-state index contributed by atoms with van der Waals surface area (Å²) >= 11 is 0. The van der Waals surface area contributed by atoms with E-state index in [0.29, 0.717) is 31.8 Å². The van der Waals surface area contributed by atoms with Crippen molar-refractivity contribution in [1.29, 1.82) is 0 Å². The van der Waals surface area contributed by atoms with Crippen LogP contribution >= 0.6 is 0 Å². The number of carbonyl (C=O) groups excluding carboxylic acids is 1. The molecule has 5 nitrogen and oxygen atoms in total. The summed E-state index contributed by atoms with van der Waals surface area (Å²) in [4.78, 5) is 14.6. The molecular formula is C20H22N2O3. The molecule has 0 radical (unpaired) electrons. The van der Waals surface area contributed by atoms with Crippen LogP contribution in [-0.4, -0.2) is 30.5 Å². The fourth-order valence-corrected chi connectivity index (χ4v) is 3.84. The Bertz CT molecular complexity index is 802. The molecule has 0 atom stereocenters. The topological polar surface area (TPSA) is 68.7 Å². The third-order valence-electron chi connectivity index (χ3n) is 5.49. The molecule has 1 saturated heterocycles. The minimum absolute atomic E-state index is 0.00569. The Morgan fingerprint density at radius 2 is 2.08 bits per heavy atom. The van der Waals surface area contributed by atoms with Crippen LogP contribution < -0.4 is 10.5 Å². The molecule has 2 aliphatic heterocycles. The molecule has 0 saturated carbocycles. The number of hydrogen-bond acceptors (Lipinski definition) is 4. The highest BCUT2D eigenvalue weighted by atomic mass is 16.5. The second kappa shape index (κ2) is 6.08. The number of hydrogen-bond donors (Lipinski definition) is 1. The summed E-state index contributed by atoms with van der Waals surface area (Å²) in [6.45, 7) is 6.54. The number of nitrogens with zero attached hydrogens (tertiary/aromatic N) is 1. The zero-order valence-electron chi connectivity index (χ0n) is 14.2. The molecule has 2 aromatic rings. The van der Waals surface area contributed by atoms with Gasteiger partial charge in [0.2, 0.25) is 0 Å². The first kappa shape index (κ1) is 16.0. The minimum Gasteiger partial charge on any atom is -0.492 e. The van der Waals surface area contributed by atoms with E-state index >= 15 is 0 Å². The van der Waals surface area contributed by atoms with Crippen LogP contribution in [0.25, 0.3) is 5.57 Å². The molecule has 1 fully saturated rings. The van der Waals surface area contributed by atoms with Crippen LogP contribution in [0.5, 0.6) is 5.75 Å². The van der Waals surface area contributed by atoms with Gasteiger partial charge in [-0.3, -0.25) is 4.79 Å². The molecule has 1 amide bonds. The molecular weight excluding hydrogens is 316 g/mol. The normalized spacial score (nSPS) is 18.0. The van der Waals surface area contributed by atoms with Crippen LogP contribution in [-0.2, 0) is 16.8 Å². The lowest BCUT2D eigenvalue weighted by molar-refractivity contribution is -0.126. The van der Waals surface area contributed by atoms with Gasteiger partial charge in [-0.05, 0) is 30.5 Å². The van der Waals surface area contributed by atoms with E-state index in [1.165, 1.54) is 5.56 Å². The highest BCUT2D eigenvalue weighted by Crippen LogP contribution is 2.46. The third kappa shape index (κ3) is 2.65. The van der Waals surface area contributed by atoms with Gasteiger partial charge >= 0.3 is 0 Å². The van der Waals surface area contributed by atoms with Crippen molar-refractivity contribution in [3.8, 4) is 5.75 Å². The van der Waals surface area contributed by atoms with Crippen molar-refractivity contribution in [3.63, 3.8) is 0 Å². The molecule has 1 aromatic heterocycles. The predicted molar refractivity (Wildman–Crippen MR) is 95.1 cm³/mol. The van der Waals surface area contributed by atoms with E-state index in [2.05, 4.69) is 12.6 Å². The summed E-state index contributed by atoms with van der Waals surface area (Å²) < 4.78 is 11.0. The van der Waals surface area contributed by atoms with Gasteiger partial charge in [-0.1, -0.05) is 18.7 Å². The van der Waals surface area contributed by atoms with Gasteiger partial charge in [0.05, 0.1) is 19.1 Å². The van der Waals surface area contributed by atoms with E-state index < -0.39 is 0 Å². The lowest BCUT2D eigenvalue weighted by Gasteiger charge is -2.38. The van der Waals surface area contributed by atoms with Gasteiger partial charge in [0.1, 0.15) is 5.75 Å². The largest absolute Gasteiger partial charge is 0.492 e. The Balaban J connectivity index is 1.49. The standard InChI is InChI=1S/C20H22N2O3/c1-14(16-4-9-24-12-16)19(23)22-7-5-20(6-8-22)13-25-18-3-2-15(11-21)10-17(18)20/h2-4,9-10,12H,1,5-8,11,13,21H2. The first-order valence-corrected chi connectivity index (χ1v) is 8.60. The predicted octanol–water partition coefficient (Wildman–Crippen LogP) is 2.70. The van der Waals surface area contributed by atoms with Gasteiger partial charge in [0.25, 0.3) is 5.91 Å². The molecule has 1 spiro atoms. The summed E-state index contributed by atoms with van der Waals surface area (Å²) in [5.41, 5.74) is 9.38. The molecule has 25 heavy (non-hydrogen) atoms. The Morgan fingerprint density at radius 3 is 2.76 bits per heavy atom. The maximum absolute atomic E-state index is 12.7. The number of rotatable bonds is 3. The van der Waals surface area contributed by atoms with Crippen molar-refractivity contribution in [2.24, 2.45) is 5.73 Å². The Morgan fingerprint density at radius 1 is 1.28 bits per heavy atom. The van der Waals surface area contributed by atoms with Crippen molar-refractivity contribution in [3.05, 3.63) is 60.1 Å². The van der Waals surface area contributed by atoms with E-state index in [9.17, 15) is 4.79 Å². The number of likely N-dealkylation sites (tertiary alicyclic amines) is 1. The summed E-state index contributed by atoms with van der Waals surface area (Å²) in [5.74, 6) is 0.936. The molecule has 4 rings (SSSR count). The van der Waals surface area contributed by atoms with Crippen LogP contribution in [0.4, 0.5) is 0 Å². The van der Waals surface area contributed by atoms with Crippen LogP contribution in [0.15, 0.2) is 47.8 Å². The van der Waals surface area contributed by atoms with Crippen LogP contribution in [0, 0.1) is 0 Å². The van der Waals surface area contributed by atoms with Gasteiger partial charge in [0.15, 0.2) is 0 Å². The van der Waals surface area contributed by atoms with Gasteiger partial charge in [0, 0.05) is 41.7 Å². The number of nitrogens with two attached hydrogens (primary N) is 1. The van der Waals surface area contributed by atoms with Crippen molar-refractivity contribution < 1.29 is 13.9 Å². The van der Waals surface area contributed by atoms with Crippen LogP contribution in [0.3, 0.4) is 0 Å². The highest BCUT2D eigenvalue weighted by Gasteiger charge is 2.44. The first-order chi connectivity index (χ1) is 12.1. The molecule has 0 unspecified atom stereocenters. The van der Waals surface area contributed by atoms with Gasteiger partial charge < -0.3 is 19.8 Å². The number of benzene rings is 1. The number of amides is 1. The lowest BCUT2D eigenvalue weighted by Crippen LogP contribution is -2.46. The number of carbonyl (C=O) groups is 1. The smallest absolute Gasteiger partial charge is 0.253 e. The van der Waals surface area contributed by atoms with E-state index in [0.717, 1.165) is 29.7 Å². The maximum atomic E-state index is 12.7. The number of piperidine rings is 1. The molecule has 5 heteroatoms. The van der Waals surface area contributed by atoms with Crippen LogP contribution in [0.2, 0.25) is 0 Å². The van der Waals surface area contributed by atoms with Crippen molar-refractivity contribution in [2.75, 3.05) is 19.7 Å². The minimum atomic E-state index is -0.0221. The molecule has 2 aliphatic rings. The molecule has 0 aliphatic carbocycles. The monoisotopic (exact) mass is 338 g/mol. The SMILES string of the molecule is C=C(C(=O)N1CCC2(CC1)COc1ccc(CN)cc12)c1ccoc1. The molecule has 3 heterocycles. The Hall–Kier alpha value is -2.53. The summed E-state index contributed by atoms with van der Waals surface area (Å²) in [6.07, 6.45) is 4.89. The fourth-order valence-electron chi connectivity index (χ4n) is 3.84. The molecule has 1 aromatic carbocycles. The zero-order valence-corrected chi connectivity index (χ0v) is 14.2. The molecule has 2 N–H and O–H groups in total. The molecule has 0 bridgehead atoms. The quantitative estimate of drug-likeness (QED) is 0.874. The maximum Gasteiger partial charge on any atom is 0.253 e. The van der Waals surface area contributed by atoms with Crippen LogP contribution in [0.1, 0.15) is 29.5 Å². The van der Waals surface area contributed by atoms with Gasteiger partial charge in [-0.15, -0.1) is 0 Å². The van der Waals surface area contributed by atoms with Gasteiger partial charge in [-0.25, -0.2) is 0 Å². The van der Waals surface area contributed by atoms with Gasteiger partial charge in [-0.2, -0.15) is 0 Å². The average Bonchev–Trinajstić information content (AvgIpc) is 3.30. The Labute approximate surface area is 147 Å². The zero-order chi connectivity index (χ0) is 17.4. The molecule has 130 valence electrons. The highest BCUT2D eigenvalue weighted by molar-refractivity contribution is 6.18. The number of ether oxygens (including phenoxy) is 1. The van der Waals surface area contributed by atoms with Crippen molar-refractivity contribution in [2.45, 2.75) is 24.8 Å². The Kier molecular flexibility index (Phi) is 3.88. The summed E-state index contributed by atoms with van der Waals surface area (Å²) in [5, 5.41) is 0. The second-order valence-electron chi connectivity index (χ2n) is 6.89. The average molecular weight is 338 g/mol. The lowest BCUT2D eigenvalue weighted by atomic mass is 9.74. The third-order valence-corrected chi connectivity index (χ3v) is 5.49. The fraction of sp³-hybridized carbons (Fsp3) is 0.350. The van der Waals surface area contributed by atoms with E-state index in [4.69, 9.17) is 14.9 Å². The van der Waals surface area contributed by atoms with E-state index in [1.54, 1.807) is 18.6 Å².